The molecule has 4 heteroatoms. The lowest BCUT2D eigenvalue weighted by molar-refractivity contribution is -0.132. The van der Waals surface area contributed by atoms with Gasteiger partial charge in [-0.05, 0) is 61.8 Å². The van der Waals surface area contributed by atoms with Crippen LogP contribution in [0.3, 0.4) is 0 Å². The van der Waals surface area contributed by atoms with Crippen LogP contribution in [-0.4, -0.2) is 30.5 Å². The number of hydrogen-bond acceptors (Lipinski definition) is 2. The van der Waals surface area contributed by atoms with Crippen molar-refractivity contribution < 1.29 is 9.53 Å². The van der Waals surface area contributed by atoms with Crippen LogP contribution < -0.4 is 4.74 Å². The zero-order chi connectivity index (χ0) is 15.7. The van der Waals surface area contributed by atoms with Crippen molar-refractivity contribution in [3.05, 3.63) is 40.4 Å². The summed E-state index contributed by atoms with van der Waals surface area (Å²) in [7, 11) is 0. The first-order chi connectivity index (χ1) is 10.5. The Labute approximate surface area is 136 Å². The van der Waals surface area contributed by atoms with Crippen LogP contribution in [0.2, 0.25) is 5.02 Å². The van der Waals surface area contributed by atoms with Crippen molar-refractivity contribution in [1.82, 2.24) is 4.90 Å². The van der Waals surface area contributed by atoms with Crippen LogP contribution in [-0.2, 0) is 4.79 Å². The molecule has 1 fully saturated rings. The molecule has 2 unspecified atom stereocenters. The summed E-state index contributed by atoms with van der Waals surface area (Å²) in [5.74, 6) is 2.06. The molecule has 1 aromatic carbocycles. The van der Waals surface area contributed by atoms with E-state index < -0.39 is 0 Å². The molecule has 118 valence electrons. The third-order valence-electron chi connectivity index (χ3n) is 4.75. The number of amides is 1. The fourth-order valence-corrected chi connectivity index (χ4v) is 3.55. The highest BCUT2D eigenvalue weighted by Crippen LogP contribution is 2.33. The van der Waals surface area contributed by atoms with E-state index in [1.165, 1.54) is 0 Å². The Hall–Kier alpha value is -1.48. The number of carbonyl (C=O) groups excluding carboxylic acids is 1. The molecular weight excluding hydrogens is 298 g/mol. The highest BCUT2D eigenvalue weighted by Gasteiger charge is 2.35. The summed E-state index contributed by atoms with van der Waals surface area (Å²) in [6, 6.07) is 3.77. The van der Waals surface area contributed by atoms with Crippen molar-refractivity contribution in [3.8, 4) is 5.75 Å². The van der Waals surface area contributed by atoms with Crippen LogP contribution in [0.4, 0.5) is 0 Å². The van der Waals surface area contributed by atoms with Crippen molar-refractivity contribution >= 4 is 17.5 Å². The maximum absolute atomic E-state index is 12.4. The van der Waals surface area contributed by atoms with Gasteiger partial charge in [-0.3, -0.25) is 4.79 Å². The average Bonchev–Trinajstić information content (AvgIpc) is 2.94. The largest absolute Gasteiger partial charge is 0.484 e. The molecular formula is C18H22ClNO2. The number of ether oxygens (including phenoxy) is 1. The Balaban J connectivity index is 1.57. The molecule has 3 rings (SSSR count). The second-order valence-electron chi connectivity index (χ2n) is 6.42. The first-order valence-corrected chi connectivity index (χ1v) is 8.24. The smallest absolute Gasteiger partial charge is 0.260 e. The minimum Gasteiger partial charge on any atom is -0.484 e. The van der Waals surface area contributed by atoms with E-state index in [2.05, 4.69) is 12.2 Å². The Morgan fingerprint density at radius 2 is 1.73 bits per heavy atom. The van der Waals surface area contributed by atoms with Crippen LogP contribution >= 0.6 is 11.6 Å². The molecule has 1 heterocycles. The van der Waals surface area contributed by atoms with Crippen LogP contribution in [0.25, 0.3) is 0 Å². The lowest BCUT2D eigenvalue weighted by Gasteiger charge is -2.17. The number of fused-ring (bicyclic) bond motifs is 1. The van der Waals surface area contributed by atoms with Gasteiger partial charge in [0.05, 0.1) is 0 Å². The van der Waals surface area contributed by atoms with Gasteiger partial charge >= 0.3 is 0 Å². The van der Waals surface area contributed by atoms with Gasteiger partial charge in [-0.2, -0.15) is 0 Å². The molecule has 1 aliphatic heterocycles. The topological polar surface area (TPSA) is 29.5 Å². The van der Waals surface area contributed by atoms with E-state index in [4.69, 9.17) is 16.3 Å². The molecule has 1 saturated heterocycles. The van der Waals surface area contributed by atoms with Crippen LogP contribution in [0, 0.1) is 25.7 Å². The average molecular weight is 320 g/mol. The van der Waals surface area contributed by atoms with Gasteiger partial charge in [-0.1, -0.05) is 23.8 Å². The summed E-state index contributed by atoms with van der Waals surface area (Å²) < 4.78 is 5.68. The number of nitrogens with zero attached hydrogens (tertiary/aromatic N) is 1. The fraction of sp³-hybridized carbons (Fsp3) is 0.500. The summed E-state index contributed by atoms with van der Waals surface area (Å²) in [4.78, 5) is 14.3. The minimum absolute atomic E-state index is 0.0830. The van der Waals surface area contributed by atoms with E-state index in [9.17, 15) is 4.79 Å². The number of likely N-dealkylation sites (tertiary alicyclic amines) is 1. The van der Waals surface area contributed by atoms with Crippen LogP contribution in [0.1, 0.15) is 24.0 Å². The second-order valence-corrected chi connectivity index (χ2v) is 6.80. The van der Waals surface area contributed by atoms with Crippen molar-refractivity contribution in [2.75, 3.05) is 19.7 Å². The maximum atomic E-state index is 12.4. The normalized spacial score (nSPS) is 23.5. The standard InChI is InChI=1S/C18H22ClNO2/c1-12-7-16(8-13(2)18(12)19)22-11-17(21)20-9-14-5-3-4-6-15(14)10-20/h3-4,7-8,14-15H,5-6,9-11H2,1-2H3. The van der Waals surface area contributed by atoms with Gasteiger partial charge in [-0.15, -0.1) is 0 Å². The quantitative estimate of drug-likeness (QED) is 0.794. The van der Waals surface area contributed by atoms with Gasteiger partial charge in [0.1, 0.15) is 5.75 Å². The summed E-state index contributed by atoms with van der Waals surface area (Å²) in [6.07, 6.45) is 6.69. The SMILES string of the molecule is Cc1cc(OCC(=O)N2CC3CC=CCC3C2)cc(C)c1Cl. The van der Waals surface area contributed by atoms with E-state index >= 15 is 0 Å². The number of carbonyl (C=O) groups is 1. The molecule has 0 spiro atoms. The Morgan fingerprint density at radius 1 is 1.18 bits per heavy atom. The molecule has 1 amide bonds. The van der Waals surface area contributed by atoms with Crippen molar-refractivity contribution in [2.24, 2.45) is 11.8 Å². The monoisotopic (exact) mass is 319 g/mol. The van der Waals surface area contributed by atoms with Crippen LogP contribution in [0.15, 0.2) is 24.3 Å². The number of benzene rings is 1. The molecule has 1 aromatic rings. The zero-order valence-electron chi connectivity index (χ0n) is 13.1. The van der Waals surface area contributed by atoms with Crippen LogP contribution in [0.5, 0.6) is 5.75 Å². The molecule has 0 bridgehead atoms. The summed E-state index contributed by atoms with van der Waals surface area (Å²) >= 11 is 6.15. The van der Waals surface area contributed by atoms with E-state index in [-0.39, 0.29) is 12.5 Å². The molecule has 3 nitrogen and oxygen atoms in total. The van der Waals surface area contributed by atoms with Gasteiger partial charge in [0.2, 0.25) is 0 Å². The van der Waals surface area contributed by atoms with Gasteiger partial charge < -0.3 is 9.64 Å². The van der Waals surface area contributed by atoms with Gasteiger partial charge in [0.25, 0.3) is 5.91 Å². The van der Waals surface area contributed by atoms with Gasteiger partial charge in [0, 0.05) is 18.1 Å². The van der Waals surface area contributed by atoms with E-state index in [1.54, 1.807) is 0 Å². The predicted octanol–water partition coefficient (Wildman–Crippen LogP) is 3.76. The third-order valence-corrected chi connectivity index (χ3v) is 5.34. The first-order valence-electron chi connectivity index (χ1n) is 7.87. The highest BCUT2D eigenvalue weighted by atomic mass is 35.5. The molecule has 0 radical (unpaired) electrons. The molecule has 22 heavy (non-hydrogen) atoms. The van der Waals surface area contributed by atoms with E-state index in [1.807, 2.05) is 30.9 Å². The number of allylic oxidation sites excluding steroid dienone is 2. The first kappa shape index (κ1) is 15.4. The molecule has 0 N–H and O–H groups in total. The lowest BCUT2D eigenvalue weighted by atomic mass is 9.86. The molecule has 2 atom stereocenters. The second kappa shape index (κ2) is 6.33. The van der Waals surface area contributed by atoms with Gasteiger partial charge in [-0.25, -0.2) is 0 Å². The van der Waals surface area contributed by atoms with E-state index in [0.29, 0.717) is 17.6 Å². The molecule has 1 aliphatic carbocycles. The summed E-state index contributed by atoms with van der Waals surface area (Å²) in [5, 5.41) is 0.759. The fourth-order valence-electron chi connectivity index (χ4n) is 3.44. The zero-order valence-corrected chi connectivity index (χ0v) is 13.9. The summed E-state index contributed by atoms with van der Waals surface area (Å²) in [6.45, 7) is 5.74. The van der Waals surface area contributed by atoms with Gasteiger partial charge in [0.15, 0.2) is 6.61 Å². The molecule has 0 aromatic heterocycles. The molecule has 2 aliphatic rings. The van der Waals surface area contributed by atoms with Crippen molar-refractivity contribution in [3.63, 3.8) is 0 Å². The Morgan fingerprint density at radius 3 is 2.27 bits per heavy atom. The molecule has 0 saturated carbocycles. The van der Waals surface area contributed by atoms with Crippen molar-refractivity contribution in [1.29, 1.82) is 0 Å². The number of aryl methyl sites for hydroxylation is 2. The Kier molecular flexibility index (Phi) is 4.44. The number of rotatable bonds is 3. The van der Waals surface area contributed by atoms with E-state index in [0.717, 1.165) is 42.1 Å². The Bertz CT molecular complexity index is 572. The lowest BCUT2D eigenvalue weighted by Crippen LogP contribution is -2.33. The number of hydrogen-bond donors (Lipinski definition) is 0. The number of halogens is 1. The third kappa shape index (κ3) is 3.14. The summed E-state index contributed by atoms with van der Waals surface area (Å²) in [5.41, 5.74) is 1.95. The van der Waals surface area contributed by atoms with Crippen molar-refractivity contribution in [2.45, 2.75) is 26.7 Å². The minimum atomic E-state index is 0.0830. The maximum Gasteiger partial charge on any atom is 0.260 e. The highest BCUT2D eigenvalue weighted by molar-refractivity contribution is 6.32. The predicted molar refractivity (Wildman–Crippen MR) is 88.4 cm³/mol.